The molecule has 10 heteroatoms. The van der Waals surface area contributed by atoms with Gasteiger partial charge in [0.25, 0.3) is 0 Å². The molecular weight excluding hydrogens is 487 g/mol. The Balaban J connectivity index is 1.37. The van der Waals surface area contributed by atoms with E-state index >= 15 is 0 Å². The molecule has 8 nitrogen and oxygen atoms in total. The first kappa shape index (κ1) is 25.3. The number of nitrogens with one attached hydrogen (secondary N) is 1. The molecule has 0 spiro atoms. The van der Waals surface area contributed by atoms with Crippen molar-refractivity contribution in [2.24, 2.45) is 0 Å². The number of thiazole rings is 1. The third kappa shape index (κ3) is 4.95. The minimum Gasteiger partial charge on any atom is -0.443 e. The Bertz CT molecular complexity index is 1310. The van der Waals surface area contributed by atoms with Crippen LogP contribution in [-0.4, -0.2) is 52.5 Å². The number of fused-ring (bicyclic) bond motifs is 1. The summed E-state index contributed by atoms with van der Waals surface area (Å²) in [5.41, 5.74) is 9.05. The number of carbonyl (C=O) groups excluding carboxylic acids is 2. The number of rotatable bonds is 6. The first-order valence-corrected chi connectivity index (χ1v) is 13.4. The van der Waals surface area contributed by atoms with Crippen LogP contribution in [-0.2, 0) is 16.0 Å². The molecule has 0 saturated carbocycles. The van der Waals surface area contributed by atoms with Crippen molar-refractivity contribution in [1.29, 1.82) is 0 Å². The summed E-state index contributed by atoms with van der Waals surface area (Å²) in [6, 6.07) is 15.0. The summed E-state index contributed by atoms with van der Waals surface area (Å²) < 4.78 is 5.96. The molecule has 4 N–H and O–H groups in total. The summed E-state index contributed by atoms with van der Waals surface area (Å²) in [5.74, 6) is -0.257. The quantitative estimate of drug-likeness (QED) is 0.432. The van der Waals surface area contributed by atoms with Crippen LogP contribution in [0, 0.1) is 0 Å². The van der Waals surface area contributed by atoms with Gasteiger partial charge in [0, 0.05) is 23.0 Å². The predicted molar refractivity (Wildman–Crippen MR) is 147 cm³/mol. The van der Waals surface area contributed by atoms with Crippen LogP contribution in [0.25, 0.3) is 0 Å². The third-order valence-electron chi connectivity index (χ3n) is 7.47. The number of hydrogen-bond donors (Lipinski definition) is 3. The zero-order valence-corrected chi connectivity index (χ0v) is 22.0. The lowest BCUT2D eigenvalue weighted by atomic mass is 9.75. The molecule has 2 amide bonds. The van der Waals surface area contributed by atoms with Crippen molar-refractivity contribution in [3.8, 4) is 0 Å². The summed E-state index contributed by atoms with van der Waals surface area (Å²) in [7, 11) is 1.95. The van der Waals surface area contributed by atoms with E-state index in [9.17, 15) is 14.7 Å². The second kappa shape index (κ2) is 9.83. The number of nitrogen functional groups attached to an aromatic ring is 1. The zero-order chi connectivity index (χ0) is 26.3. The maximum Gasteiger partial charge on any atom is 0.410 e. The molecule has 37 heavy (non-hydrogen) atoms. The van der Waals surface area contributed by atoms with Gasteiger partial charge < -0.3 is 20.9 Å². The van der Waals surface area contributed by atoms with Gasteiger partial charge in [-0.3, -0.25) is 9.69 Å². The average molecular weight is 518 g/mol. The van der Waals surface area contributed by atoms with Crippen LogP contribution in [0.5, 0.6) is 0 Å². The predicted octanol–water partition coefficient (Wildman–Crippen LogP) is 2.74. The molecule has 0 bridgehead atoms. The van der Waals surface area contributed by atoms with E-state index in [1.165, 1.54) is 11.3 Å². The standard InChI is InChI=1S/C27H31BN4O4S/c1-27(2)23(16-8-9-19(18(28)12-16)31-22(33)13-17-14-37-25(29)30-17)20-10-11-21(32(20)26(35)36-27)24(34)15-6-4-3-5-7-15/h3-9,12,14,20-21,23-24,34H,10-11,13,28H2,1-2H3,(H2,29,30)(H,31,33)/t20-,21-,23?,24-/m1/s1. The fourth-order valence-corrected chi connectivity index (χ4v) is 6.42. The van der Waals surface area contributed by atoms with Gasteiger partial charge in [-0.15, -0.1) is 11.3 Å². The Morgan fingerprint density at radius 3 is 2.73 bits per heavy atom. The molecule has 0 aliphatic carbocycles. The summed E-state index contributed by atoms with van der Waals surface area (Å²) >= 11 is 1.31. The number of anilines is 2. The molecule has 2 aliphatic rings. The van der Waals surface area contributed by atoms with E-state index in [0.717, 1.165) is 28.7 Å². The Hall–Kier alpha value is -3.37. The number of amides is 2. The van der Waals surface area contributed by atoms with Crippen molar-refractivity contribution in [2.75, 3.05) is 11.1 Å². The number of cyclic esters (lactones) is 1. The van der Waals surface area contributed by atoms with Gasteiger partial charge in [0.2, 0.25) is 5.91 Å². The molecule has 1 aromatic heterocycles. The molecule has 2 saturated heterocycles. The second-order valence-electron chi connectivity index (χ2n) is 10.4. The molecule has 2 fully saturated rings. The van der Waals surface area contributed by atoms with Crippen molar-refractivity contribution in [3.05, 3.63) is 70.7 Å². The fraction of sp³-hybridized carbons (Fsp3) is 0.370. The van der Waals surface area contributed by atoms with E-state index in [1.54, 1.807) is 10.3 Å². The van der Waals surface area contributed by atoms with E-state index in [-0.39, 0.29) is 36.4 Å². The van der Waals surface area contributed by atoms with E-state index < -0.39 is 11.7 Å². The van der Waals surface area contributed by atoms with Crippen LogP contribution in [0.1, 0.15) is 55.5 Å². The highest BCUT2D eigenvalue weighted by atomic mass is 32.1. The second-order valence-corrected chi connectivity index (χ2v) is 11.3. The maximum absolute atomic E-state index is 13.1. The molecule has 1 unspecified atom stereocenters. The number of aliphatic hydroxyl groups excluding tert-OH is 1. The summed E-state index contributed by atoms with van der Waals surface area (Å²) in [4.78, 5) is 31.6. The molecule has 2 aliphatic heterocycles. The minimum absolute atomic E-state index is 0.0976. The fourth-order valence-electron chi connectivity index (χ4n) is 5.86. The van der Waals surface area contributed by atoms with Crippen LogP contribution in [0.3, 0.4) is 0 Å². The first-order chi connectivity index (χ1) is 17.6. The zero-order valence-electron chi connectivity index (χ0n) is 21.2. The first-order valence-electron chi connectivity index (χ1n) is 12.5. The molecule has 192 valence electrons. The number of ether oxygens (including phenoxy) is 1. The van der Waals surface area contributed by atoms with Crippen molar-refractivity contribution < 1.29 is 19.4 Å². The summed E-state index contributed by atoms with van der Waals surface area (Å²) in [6.07, 6.45) is 0.450. The van der Waals surface area contributed by atoms with Crippen molar-refractivity contribution in [3.63, 3.8) is 0 Å². The van der Waals surface area contributed by atoms with Gasteiger partial charge in [-0.1, -0.05) is 47.9 Å². The molecule has 4 atom stereocenters. The number of carbonyl (C=O) groups is 2. The highest BCUT2D eigenvalue weighted by Gasteiger charge is 2.55. The smallest absolute Gasteiger partial charge is 0.410 e. The van der Waals surface area contributed by atoms with Crippen molar-refractivity contribution >= 4 is 47.5 Å². The maximum atomic E-state index is 13.1. The van der Waals surface area contributed by atoms with Crippen LogP contribution in [0.4, 0.5) is 15.6 Å². The van der Waals surface area contributed by atoms with Crippen LogP contribution < -0.4 is 16.5 Å². The normalized spacial score (nSPS) is 23.3. The number of nitrogens with two attached hydrogens (primary N) is 1. The molecule has 3 aromatic rings. The van der Waals surface area contributed by atoms with Gasteiger partial charge in [0.05, 0.1) is 24.3 Å². The van der Waals surface area contributed by atoms with Gasteiger partial charge in [0.15, 0.2) is 5.13 Å². The van der Waals surface area contributed by atoms with Gasteiger partial charge in [0.1, 0.15) is 13.4 Å². The Morgan fingerprint density at radius 2 is 2.05 bits per heavy atom. The van der Waals surface area contributed by atoms with E-state index in [0.29, 0.717) is 17.2 Å². The van der Waals surface area contributed by atoms with Gasteiger partial charge in [-0.05, 0) is 43.9 Å². The topological polar surface area (TPSA) is 118 Å². The third-order valence-corrected chi connectivity index (χ3v) is 8.19. The Kier molecular flexibility index (Phi) is 6.72. The Labute approximate surface area is 221 Å². The molecule has 3 heterocycles. The molecule has 2 aromatic carbocycles. The number of nitrogens with zero attached hydrogens (tertiary/aromatic N) is 2. The lowest BCUT2D eigenvalue weighted by molar-refractivity contribution is -0.115. The van der Waals surface area contributed by atoms with Crippen LogP contribution >= 0.6 is 11.3 Å². The number of benzene rings is 2. The summed E-state index contributed by atoms with van der Waals surface area (Å²) in [5, 5.41) is 16.3. The highest BCUT2D eigenvalue weighted by Crippen LogP contribution is 2.48. The molecule has 5 rings (SSSR count). The number of aliphatic hydroxyl groups is 1. The van der Waals surface area contributed by atoms with Crippen LogP contribution in [0.2, 0.25) is 0 Å². The monoisotopic (exact) mass is 518 g/mol. The van der Waals surface area contributed by atoms with Crippen molar-refractivity contribution in [2.45, 2.75) is 62.8 Å². The largest absolute Gasteiger partial charge is 0.443 e. The summed E-state index contributed by atoms with van der Waals surface area (Å²) in [6.45, 7) is 3.89. The highest BCUT2D eigenvalue weighted by molar-refractivity contribution is 7.13. The van der Waals surface area contributed by atoms with E-state index in [4.69, 9.17) is 10.5 Å². The molecular formula is C27H31BN4O4S. The minimum atomic E-state index is -0.784. The number of aromatic nitrogens is 1. The SMILES string of the molecule is Bc1cc(C2[C@H]3CC[C@H]([C@H](O)c4ccccc4)N3C(=O)OC2(C)C)ccc1NC(=O)Cc1csc(N)n1. The molecule has 0 radical (unpaired) electrons. The van der Waals surface area contributed by atoms with Crippen LogP contribution in [0.15, 0.2) is 53.9 Å². The lowest BCUT2D eigenvalue weighted by Gasteiger charge is -2.48. The van der Waals surface area contributed by atoms with E-state index in [1.807, 2.05) is 64.2 Å². The van der Waals surface area contributed by atoms with E-state index in [2.05, 4.69) is 16.4 Å². The van der Waals surface area contributed by atoms with Gasteiger partial charge in [-0.25, -0.2) is 9.78 Å². The van der Waals surface area contributed by atoms with Gasteiger partial charge in [-0.2, -0.15) is 0 Å². The average Bonchev–Trinajstić information content (AvgIpc) is 3.46. The Morgan fingerprint density at radius 1 is 1.30 bits per heavy atom. The van der Waals surface area contributed by atoms with Crippen molar-refractivity contribution in [1.82, 2.24) is 9.88 Å². The number of hydrogen-bond acceptors (Lipinski definition) is 7. The lowest BCUT2D eigenvalue weighted by Crippen LogP contribution is -2.58. The van der Waals surface area contributed by atoms with Gasteiger partial charge >= 0.3 is 6.09 Å².